The Morgan fingerprint density at radius 2 is 1.84 bits per heavy atom. The van der Waals surface area contributed by atoms with Gasteiger partial charge in [0.25, 0.3) is 5.91 Å². The van der Waals surface area contributed by atoms with Crippen molar-refractivity contribution in [3.63, 3.8) is 0 Å². The fraction of sp³-hybridized carbons (Fsp3) is 0.208. The van der Waals surface area contributed by atoms with Gasteiger partial charge in [0.1, 0.15) is 23.2 Å². The quantitative estimate of drug-likeness (QED) is 0.287. The molecule has 1 heterocycles. The molecule has 2 aromatic carbocycles. The molecule has 8 heteroatoms. The Morgan fingerprint density at radius 1 is 1.12 bits per heavy atom. The van der Waals surface area contributed by atoms with Gasteiger partial charge >= 0.3 is 0 Å². The lowest BCUT2D eigenvalue weighted by molar-refractivity contribution is -0.112. The van der Waals surface area contributed by atoms with E-state index in [0.29, 0.717) is 48.2 Å². The van der Waals surface area contributed by atoms with Crippen molar-refractivity contribution in [2.24, 2.45) is 0 Å². The van der Waals surface area contributed by atoms with E-state index in [0.717, 1.165) is 0 Å². The summed E-state index contributed by atoms with van der Waals surface area (Å²) in [5, 5.41) is 15.5. The number of aryl methyl sites for hydroxylation is 1. The van der Waals surface area contributed by atoms with Gasteiger partial charge in [-0.15, -0.1) is 0 Å². The van der Waals surface area contributed by atoms with Crippen LogP contribution in [0.4, 0.5) is 5.82 Å². The van der Waals surface area contributed by atoms with E-state index >= 15 is 0 Å². The van der Waals surface area contributed by atoms with E-state index < -0.39 is 5.91 Å². The number of methoxy groups -OCH3 is 1. The Hall–Kier alpha value is -4.25. The predicted molar refractivity (Wildman–Crippen MR) is 119 cm³/mol. The number of rotatable bonds is 10. The minimum Gasteiger partial charge on any atom is -0.493 e. The largest absolute Gasteiger partial charge is 0.493 e. The van der Waals surface area contributed by atoms with Gasteiger partial charge in [0.05, 0.1) is 20.3 Å². The second kappa shape index (κ2) is 11.2. The first-order valence-electron chi connectivity index (χ1n) is 9.94. The molecular weight excluding hydrogens is 410 g/mol. The molecule has 1 aromatic heterocycles. The van der Waals surface area contributed by atoms with Gasteiger partial charge in [0.2, 0.25) is 0 Å². The minimum atomic E-state index is -0.559. The average Bonchev–Trinajstić information content (AvgIpc) is 3.22. The lowest BCUT2D eigenvalue weighted by Crippen LogP contribution is -2.13. The SMILES string of the molecule is COc1ccccc1OCCCOc1ccc(/C=C(/C#N)C(=O)Nc2cc(C)on2)cc1. The standard InChI is InChI=1S/C24H23N3O5/c1-17-14-23(27-32-17)26-24(28)19(16-25)15-18-8-10-20(11-9-18)30-12-5-13-31-22-7-4-3-6-21(22)29-2/h3-4,6-11,14-15H,5,12-13H2,1-2H3,(H,26,27,28)/b19-15-. The van der Waals surface area contributed by atoms with Crippen molar-refractivity contribution >= 4 is 17.8 Å². The molecule has 164 valence electrons. The van der Waals surface area contributed by atoms with E-state index in [2.05, 4.69) is 10.5 Å². The molecule has 0 fully saturated rings. The molecule has 3 aromatic rings. The van der Waals surface area contributed by atoms with Crippen LogP contribution in [0.3, 0.4) is 0 Å². The number of para-hydroxylation sites is 2. The first-order chi connectivity index (χ1) is 15.6. The molecule has 0 aliphatic heterocycles. The highest BCUT2D eigenvalue weighted by Crippen LogP contribution is 2.25. The molecule has 0 aliphatic rings. The van der Waals surface area contributed by atoms with E-state index in [9.17, 15) is 10.1 Å². The van der Waals surface area contributed by atoms with Crippen LogP contribution >= 0.6 is 0 Å². The summed E-state index contributed by atoms with van der Waals surface area (Å²) in [6.07, 6.45) is 2.19. The maximum absolute atomic E-state index is 12.2. The summed E-state index contributed by atoms with van der Waals surface area (Å²) in [6, 6.07) is 18.0. The van der Waals surface area contributed by atoms with E-state index in [1.807, 2.05) is 30.3 Å². The first kappa shape index (κ1) is 22.4. The Balaban J connectivity index is 1.47. The third-order valence-corrected chi connectivity index (χ3v) is 4.31. The van der Waals surface area contributed by atoms with Gasteiger partial charge < -0.3 is 24.1 Å². The fourth-order valence-corrected chi connectivity index (χ4v) is 2.75. The van der Waals surface area contributed by atoms with Crippen molar-refractivity contribution in [2.75, 3.05) is 25.6 Å². The number of carbonyl (C=O) groups is 1. The topological polar surface area (TPSA) is 107 Å². The highest BCUT2D eigenvalue weighted by Gasteiger charge is 2.12. The average molecular weight is 433 g/mol. The van der Waals surface area contributed by atoms with Crippen LogP contribution in [0.25, 0.3) is 6.08 Å². The summed E-state index contributed by atoms with van der Waals surface area (Å²) in [5.41, 5.74) is 0.646. The Bertz CT molecular complexity index is 1110. The number of hydrogen-bond donors (Lipinski definition) is 1. The summed E-state index contributed by atoms with van der Waals surface area (Å²) >= 11 is 0. The third-order valence-electron chi connectivity index (χ3n) is 4.31. The number of benzene rings is 2. The predicted octanol–water partition coefficient (Wildman–Crippen LogP) is 4.39. The summed E-state index contributed by atoms with van der Waals surface area (Å²) in [5.74, 6) is 2.33. The monoisotopic (exact) mass is 433 g/mol. The van der Waals surface area contributed by atoms with E-state index in [1.54, 1.807) is 44.4 Å². The van der Waals surface area contributed by atoms with Crippen LogP contribution in [0.15, 0.2) is 64.7 Å². The van der Waals surface area contributed by atoms with Crippen molar-refractivity contribution in [1.29, 1.82) is 5.26 Å². The Morgan fingerprint density at radius 3 is 2.50 bits per heavy atom. The highest BCUT2D eigenvalue weighted by molar-refractivity contribution is 6.09. The number of nitriles is 1. The number of anilines is 1. The molecule has 0 radical (unpaired) electrons. The number of nitrogens with one attached hydrogen (secondary N) is 1. The molecule has 0 unspecified atom stereocenters. The van der Waals surface area contributed by atoms with Crippen molar-refractivity contribution in [3.8, 4) is 23.3 Å². The van der Waals surface area contributed by atoms with Crippen molar-refractivity contribution in [3.05, 3.63) is 71.5 Å². The first-order valence-corrected chi connectivity index (χ1v) is 9.94. The van der Waals surface area contributed by atoms with E-state index in [-0.39, 0.29) is 11.4 Å². The van der Waals surface area contributed by atoms with Gasteiger partial charge in [-0.1, -0.05) is 29.4 Å². The smallest absolute Gasteiger partial charge is 0.267 e. The maximum Gasteiger partial charge on any atom is 0.267 e. The fourth-order valence-electron chi connectivity index (χ4n) is 2.75. The number of hydrogen-bond acceptors (Lipinski definition) is 7. The lowest BCUT2D eigenvalue weighted by Gasteiger charge is -2.11. The van der Waals surface area contributed by atoms with Crippen LogP contribution < -0.4 is 19.5 Å². The second-order valence-electron chi connectivity index (χ2n) is 6.72. The lowest BCUT2D eigenvalue weighted by atomic mass is 10.1. The van der Waals surface area contributed by atoms with Crippen LogP contribution in [0.1, 0.15) is 17.7 Å². The number of nitrogens with zero attached hydrogens (tertiary/aromatic N) is 2. The van der Waals surface area contributed by atoms with Gasteiger partial charge in [0, 0.05) is 12.5 Å². The molecule has 8 nitrogen and oxygen atoms in total. The molecule has 0 atom stereocenters. The molecule has 0 saturated carbocycles. The molecule has 0 saturated heterocycles. The van der Waals surface area contributed by atoms with E-state index in [1.165, 1.54) is 6.08 Å². The van der Waals surface area contributed by atoms with Crippen LogP contribution in [0.2, 0.25) is 0 Å². The highest BCUT2D eigenvalue weighted by atomic mass is 16.5. The zero-order chi connectivity index (χ0) is 22.8. The van der Waals surface area contributed by atoms with Gasteiger partial charge in [-0.2, -0.15) is 5.26 Å². The van der Waals surface area contributed by atoms with Crippen molar-refractivity contribution in [1.82, 2.24) is 5.16 Å². The zero-order valence-electron chi connectivity index (χ0n) is 17.8. The van der Waals surface area contributed by atoms with Crippen LogP contribution in [-0.4, -0.2) is 31.4 Å². The number of aromatic nitrogens is 1. The number of carbonyl (C=O) groups excluding carboxylic acids is 1. The molecule has 32 heavy (non-hydrogen) atoms. The Kier molecular flexibility index (Phi) is 7.87. The van der Waals surface area contributed by atoms with Crippen molar-refractivity contribution < 1.29 is 23.5 Å². The molecule has 1 amide bonds. The number of ether oxygens (including phenoxy) is 3. The second-order valence-corrected chi connectivity index (χ2v) is 6.72. The molecule has 3 rings (SSSR count). The van der Waals surface area contributed by atoms with Gasteiger partial charge in [-0.3, -0.25) is 4.79 Å². The van der Waals surface area contributed by atoms with Crippen LogP contribution in [-0.2, 0) is 4.79 Å². The third kappa shape index (κ3) is 6.37. The van der Waals surface area contributed by atoms with Gasteiger partial charge in [-0.05, 0) is 42.8 Å². The molecule has 0 bridgehead atoms. The van der Waals surface area contributed by atoms with Crippen LogP contribution in [0.5, 0.6) is 17.2 Å². The molecule has 0 spiro atoms. The molecular formula is C24H23N3O5. The summed E-state index contributed by atoms with van der Waals surface area (Å²) in [6.45, 7) is 2.68. The summed E-state index contributed by atoms with van der Waals surface area (Å²) < 4.78 is 21.6. The van der Waals surface area contributed by atoms with Crippen molar-refractivity contribution in [2.45, 2.75) is 13.3 Å². The summed E-state index contributed by atoms with van der Waals surface area (Å²) in [4.78, 5) is 12.2. The van der Waals surface area contributed by atoms with Gasteiger partial charge in [-0.25, -0.2) is 0 Å². The number of amides is 1. The van der Waals surface area contributed by atoms with E-state index in [4.69, 9.17) is 18.7 Å². The minimum absolute atomic E-state index is 0.0483. The summed E-state index contributed by atoms with van der Waals surface area (Å²) in [7, 11) is 1.60. The molecule has 1 N–H and O–H groups in total. The van der Waals surface area contributed by atoms with Gasteiger partial charge in [0.15, 0.2) is 17.3 Å². The normalized spacial score (nSPS) is 10.8. The Labute approximate surface area is 186 Å². The van der Waals surface area contributed by atoms with Crippen LogP contribution in [0, 0.1) is 18.3 Å². The molecule has 0 aliphatic carbocycles. The zero-order valence-corrected chi connectivity index (χ0v) is 17.8. The maximum atomic E-state index is 12.2.